The number of hydrogen-bond acceptors (Lipinski definition) is 4. The Morgan fingerprint density at radius 3 is 2.60 bits per heavy atom. The molecule has 0 saturated carbocycles. The number of carbonyl (C=O) groups excluding carboxylic acids is 1. The van der Waals surface area contributed by atoms with Gasteiger partial charge in [-0.1, -0.05) is 25.8 Å². The fraction of sp³-hybridized carbons (Fsp3) is 0.333. The third-order valence-electron chi connectivity index (χ3n) is 3.69. The third kappa shape index (κ3) is 5.95. The van der Waals surface area contributed by atoms with Crippen LogP contribution in [0, 0.1) is 0 Å². The summed E-state index contributed by atoms with van der Waals surface area (Å²) in [4.78, 5) is 16.1. The lowest BCUT2D eigenvalue weighted by Gasteiger charge is -2.09. The van der Waals surface area contributed by atoms with E-state index in [1.54, 1.807) is 36.7 Å². The van der Waals surface area contributed by atoms with E-state index in [0.29, 0.717) is 12.1 Å². The summed E-state index contributed by atoms with van der Waals surface area (Å²) in [5.41, 5.74) is 1.15. The van der Waals surface area contributed by atoms with Crippen LogP contribution in [0.3, 0.4) is 0 Å². The van der Waals surface area contributed by atoms with Crippen LogP contribution in [0.4, 0.5) is 0 Å². The van der Waals surface area contributed by atoms with Gasteiger partial charge in [-0.25, -0.2) is 13.1 Å². The molecule has 0 radical (unpaired) electrons. The van der Waals surface area contributed by atoms with Gasteiger partial charge in [0.05, 0.1) is 4.90 Å². The van der Waals surface area contributed by atoms with E-state index in [1.165, 1.54) is 12.1 Å². The van der Waals surface area contributed by atoms with Crippen LogP contribution in [0.25, 0.3) is 0 Å². The Balaban J connectivity index is 2.02. The summed E-state index contributed by atoms with van der Waals surface area (Å²) in [7, 11) is -3.69. The van der Waals surface area contributed by atoms with Gasteiger partial charge in [0.2, 0.25) is 10.0 Å². The zero-order valence-electron chi connectivity index (χ0n) is 14.2. The summed E-state index contributed by atoms with van der Waals surface area (Å²) < 4.78 is 27.4. The standard InChI is InChI=1S/C18H23N3O3S/c1-2-3-4-10-20-18(22)16-6-5-7-17(13-16)25(23,24)21-14-15-8-11-19-12-9-15/h5-9,11-13,21H,2-4,10,14H2,1H3,(H,20,22). The molecule has 0 saturated heterocycles. The van der Waals surface area contributed by atoms with Gasteiger partial charge in [0, 0.05) is 31.0 Å². The van der Waals surface area contributed by atoms with E-state index in [4.69, 9.17) is 0 Å². The van der Waals surface area contributed by atoms with Gasteiger partial charge in [-0.2, -0.15) is 0 Å². The zero-order chi connectivity index (χ0) is 18.1. The van der Waals surface area contributed by atoms with Crippen LogP contribution in [0.2, 0.25) is 0 Å². The summed E-state index contributed by atoms with van der Waals surface area (Å²) in [6.07, 6.45) is 6.24. The number of nitrogens with zero attached hydrogens (tertiary/aromatic N) is 1. The average Bonchev–Trinajstić information content (AvgIpc) is 2.64. The maximum absolute atomic E-state index is 12.4. The molecular formula is C18H23N3O3S. The van der Waals surface area contributed by atoms with Gasteiger partial charge < -0.3 is 5.32 Å². The minimum absolute atomic E-state index is 0.0720. The molecule has 0 fully saturated rings. The number of amides is 1. The van der Waals surface area contributed by atoms with E-state index in [9.17, 15) is 13.2 Å². The second kappa shape index (κ2) is 9.29. The van der Waals surface area contributed by atoms with Crippen molar-refractivity contribution in [2.45, 2.75) is 37.6 Å². The number of pyridine rings is 1. The van der Waals surface area contributed by atoms with E-state index in [-0.39, 0.29) is 17.3 Å². The number of unbranched alkanes of at least 4 members (excludes halogenated alkanes) is 2. The van der Waals surface area contributed by atoms with Gasteiger partial charge >= 0.3 is 0 Å². The molecule has 0 spiro atoms. The molecule has 1 amide bonds. The van der Waals surface area contributed by atoms with Crippen molar-refractivity contribution in [2.24, 2.45) is 0 Å². The molecule has 7 heteroatoms. The topological polar surface area (TPSA) is 88.2 Å². The molecule has 134 valence electrons. The van der Waals surface area contributed by atoms with E-state index >= 15 is 0 Å². The van der Waals surface area contributed by atoms with Crippen molar-refractivity contribution in [1.29, 1.82) is 0 Å². The molecule has 0 aliphatic carbocycles. The van der Waals surface area contributed by atoms with E-state index in [2.05, 4.69) is 21.9 Å². The van der Waals surface area contributed by atoms with E-state index in [0.717, 1.165) is 24.8 Å². The monoisotopic (exact) mass is 361 g/mol. The minimum atomic E-state index is -3.69. The second-order valence-corrected chi connectivity index (χ2v) is 7.44. The predicted octanol–water partition coefficient (Wildman–Crippen LogP) is 2.48. The van der Waals surface area contributed by atoms with Crippen molar-refractivity contribution in [1.82, 2.24) is 15.0 Å². The molecule has 0 aliphatic rings. The summed E-state index contributed by atoms with van der Waals surface area (Å²) in [6.45, 7) is 2.84. The molecular weight excluding hydrogens is 338 g/mol. The Morgan fingerprint density at radius 1 is 1.12 bits per heavy atom. The number of carbonyl (C=O) groups is 1. The van der Waals surface area contributed by atoms with Crippen LogP contribution in [0.15, 0.2) is 53.7 Å². The van der Waals surface area contributed by atoms with Crippen molar-refractivity contribution in [3.8, 4) is 0 Å². The highest BCUT2D eigenvalue weighted by molar-refractivity contribution is 7.89. The number of nitrogens with one attached hydrogen (secondary N) is 2. The summed E-state index contributed by atoms with van der Waals surface area (Å²) in [5, 5.41) is 2.81. The quantitative estimate of drug-likeness (QED) is 0.672. The minimum Gasteiger partial charge on any atom is -0.352 e. The Labute approximate surface area is 148 Å². The van der Waals surface area contributed by atoms with Crippen molar-refractivity contribution in [3.63, 3.8) is 0 Å². The molecule has 2 rings (SSSR count). The van der Waals surface area contributed by atoms with Crippen LogP contribution < -0.4 is 10.0 Å². The molecule has 1 heterocycles. The maximum Gasteiger partial charge on any atom is 0.251 e. The molecule has 0 unspecified atom stereocenters. The smallest absolute Gasteiger partial charge is 0.251 e. The maximum atomic E-state index is 12.4. The van der Waals surface area contributed by atoms with Crippen LogP contribution in [0.5, 0.6) is 0 Å². The summed E-state index contributed by atoms with van der Waals surface area (Å²) >= 11 is 0. The lowest BCUT2D eigenvalue weighted by molar-refractivity contribution is 0.0952. The number of rotatable bonds is 9. The highest BCUT2D eigenvalue weighted by Crippen LogP contribution is 2.12. The van der Waals surface area contributed by atoms with Crippen LogP contribution in [0.1, 0.15) is 42.1 Å². The Kier molecular flexibility index (Phi) is 7.09. The van der Waals surface area contributed by atoms with Gasteiger partial charge in [0.15, 0.2) is 0 Å². The summed E-state index contributed by atoms with van der Waals surface area (Å²) in [5.74, 6) is -0.262. The van der Waals surface area contributed by atoms with Crippen molar-refractivity contribution >= 4 is 15.9 Å². The van der Waals surface area contributed by atoms with Gasteiger partial charge in [-0.15, -0.1) is 0 Å². The fourth-order valence-corrected chi connectivity index (χ4v) is 3.31. The fourth-order valence-electron chi connectivity index (χ4n) is 2.25. The Hall–Kier alpha value is -2.25. The largest absolute Gasteiger partial charge is 0.352 e. The lowest BCUT2D eigenvalue weighted by Crippen LogP contribution is -2.26. The first-order valence-corrected chi connectivity index (χ1v) is 9.78. The van der Waals surface area contributed by atoms with Crippen molar-refractivity contribution < 1.29 is 13.2 Å². The Bertz CT molecular complexity index is 792. The average molecular weight is 361 g/mol. The van der Waals surface area contributed by atoms with E-state index < -0.39 is 10.0 Å². The number of benzene rings is 1. The molecule has 0 aliphatic heterocycles. The molecule has 6 nitrogen and oxygen atoms in total. The van der Waals surface area contributed by atoms with Crippen LogP contribution >= 0.6 is 0 Å². The van der Waals surface area contributed by atoms with Gasteiger partial charge in [0.25, 0.3) is 5.91 Å². The number of hydrogen-bond donors (Lipinski definition) is 2. The molecule has 0 atom stereocenters. The number of sulfonamides is 1. The molecule has 25 heavy (non-hydrogen) atoms. The zero-order valence-corrected chi connectivity index (χ0v) is 15.1. The second-order valence-electron chi connectivity index (χ2n) is 5.67. The SMILES string of the molecule is CCCCCNC(=O)c1cccc(S(=O)(=O)NCc2ccncc2)c1. The summed E-state index contributed by atoms with van der Waals surface area (Å²) in [6, 6.07) is 9.52. The first kappa shape index (κ1) is 19.1. The van der Waals surface area contributed by atoms with Crippen LogP contribution in [-0.2, 0) is 16.6 Å². The first-order valence-electron chi connectivity index (χ1n) is 8.30. The van der Waals surface area contributed by atoms with Crippen molar-refractivity contribution in [3.05, 3.63) is 59.9 Å². The lowest BCUT2D eigenvalue weighted by atomic mass is 10.2. The van der Waals surface area contributed by atoms with Gasteiger partial charge in [0.1, 0.15) is 0 Å². The van der Waals surface area contributed by atoms with Crippen molar-refractivity contribution in [2.75, 3.05) is 6.54 Å². The molecule has 2 aromatic rings. The molecule has 0 bridgehead atoms. The Morgan fingerprint density at radius 2 is 1.88 bits per heavy atom. The molecule has 1 aromatic heterocycles. The van der Waals surface area contributed by atoms with Gasteiger partial charge in [-0.3, -0.25) is 9.78 Å². The van der Waals surface area contributed by atoms with E-state index in [1.807, 2.05) is 0 Å². The van der Waals surface area contributed by atoms with Gasteiger partial charge in [-0.05, 0) is 42.3 Å². The highest BCUT2D eigenvalue weighted by Gasteiger charge is 2.16. The molecule has 2 N–H and O–H groups in total. The number of aromatic nitrogens is 1. The van der Waals surface area contributed by atoms with Crippen LogP contribution in [-0.4, -0.2) is 25.9 Å². The normalized spacial score (nSPS) is 11.2. The first-order chi connectivity index (χ1) is 12.0. The highest BCUT2D eigenvalue weighted by atomic mass is 32.2. The third-order valence-corrected chi connectivity index (χ3v) is 5.09. The predicted molar refractivity (Wildman–Crippen MR) is 96.6 cm³/mol. The molecule has 1 aromatic carbocycles.